The largest absolute Gasteiger partial charge is 0.307 e. The summed E-state index contributed by atoms with van der Waals surface area (Å²) < 4.78 is 8.01. The number of aromatic nitrogens is 2. The van der Waals surface area contributed by atoms with Crippen LogP contribution in [0, 0.1) is 0 Å². The first kappa shape index (κ1) is 49.9. The van der Waals surface area contributed by atoms with Crippen LogP contribution in [0.25, 0.3) is 119 Å². The molecule has 5 heterocycles. The van der Waals surface area contributed by atoms with Crippen LogP contribution in [-0.4, -0.2) is 8.80 Å². The molecule has 0 aliphatic carbocycles. The summed E-state index contributed by atoms with van der Waals surface area (Å²) in [6, 6.07) is 53.7. The summed E-state index contributed by atoms with van der Waals surface area (Å²) in [6.07, 6.45) is 0. The molecule has 13 aromatic rings. The number of benzene rings is 8. The average Bonchev–Trinajstić information content (AvgIpc) is 3.97. The number of thiophene rings is 1. The standard InChI is InChI=1S/C74H76N2S/c1-69(2,3)47-27-42(28-48(38-47)70(4,5)6)41-23-25-60-55(33-41)57-35-45(43-29-49(71(7,8)9)39-50(30-43)72(10,11)12)34-56-53-24-26-61-63(66(53)75(60)64(56)57)58-36-46(44-31-51(73(13,14)15)40-52(32-44)74(16,17)18)37-59-65(58)76(61)67-54-21-19-20-22-62(54)77-68(59)67/h19-40H,1-18H3. The molecule has 77 heavy (non-hydrogen) atoms. The van der Waals surface area contributed by atoms with Gasteiger partial charge in [0, 0.05) is 47.8 Å². The van der Waals surface area contributed by atoms with Crippen molar-refractivity contribution in [2.75, 3.05) is 0 Å². The Morgan fingerprint density at radius 3 is 1.14 bits per heavy atom. The average molecular weight is 1030 g/mol. The van der Waals surface area contributed by atoms with Crippen molar-refractivity contribution in [3.63, 3.8) is 0 Å². The number of fused-ring (bicyclic) bond motifs is 15. The van der Waals surface area contributed by atoms with E-state index in [9.17, 15) is 0 Å². The van der Waals surface area contributed by atoms with Gasteiger partial charge >= 0.3 is 0 Å². The van der Waals surface area contributed by atoms with Crippen LogP contribution in [-0.2, 0) is 32.5 Å². The molecular weight excluding hydrogens is 949 g/mol. The Hall–Kier alpha value is -6.68. The van der Waals surface area contributed by atoms with Crippen LogP contribution in [0.5, 0.6) is 0 Å². The Morgan fingerprint density at radius 1 is 0.273 bits per heavy atom. The third kappa shape index (κ3) is 7.67. The van der Waals surface area contributed by atoms with Gasteiger partial charge in [-0.15, -0.1) is 11.3 Å². The lowest BCUT2D eigenvalue weighted by Crippen LogP contribution is -2.16. The summed E-state index contributed by atoms with van der Waals surface area (Å²) in [6.45, 7) is 42.3. The number of hydrogen-bond donors (Lipinski definition) is 0. The second kappa shape index (κ2) is 16.0. The Bertz CT molecular complexity index is 4500. The summed E-state index contributed by atoms with van der Waals surface area (Å²) in [7, 11) is 0. The van der Waals surface area contributed by atoms with Crippen LogP contribution in [0.15, 0.2) is 133 Å². The lowest BCUT2D eigenvalue weighted by atomic mass is 9.78. The van der Waals surface area contributed by atoms with Gasteiger partial charge < -0.3 is 8.80 Å². The molecule has 0 aliphatic heterocycles. The molecular formula is C74H76N2S. The zero-order valence-corrected chi connectivity index (χ0v) is 49.8. The Labute approximate surface area is 460 Å². The zero-order valence-electron chi connectivity index (χ0n) is 49.0. The van der Waals surface area contributed by atoms with Crippen LogP contribution in [0.1, 0.15) is 158 Å². The van der Waals surface area contributed by atoms with Crippen molar-refractivity contribution in [2.24, 2.45) is 0 Å². The molecule has 0 amide bonds. The van der Waals surface area contributed by atoms with Crippen LogP contribution in [0.2, 0.25) is 0 Å². The van der Waals surface area contributed by atoms with E-state index in [0.29, 0.717) is 0 Å². The van der Waals surface area contributed by atoms with Crippen LogP contribution < -0.4 is 0 Å². The van der Waals surface area contributed by atoms with E-state index in [0.717, 1.165) is 0 Å². The van der Waals surface area contributed by atoms with Gasteiger partial charge in [0.2, 0.25) is 0 Å². The molecule has 2 nitrogen and oxygen atoms in total. The Balaban J connectivity index is 1.20. The van der Waals surface area contributed by atoms with Crippen molar-refractivity contribution in [3.8, 4) is 33.4 Å². The first-order chi connectivity index (χ1) is 35.9. The van der Waals surface area contributed by atoms with Crippen molar-refractivity contribution in [1.29, 1.82) is 0 Å². The summed E-state index contributed by atoms with van der Waals surface area (Å²) in [5, 5.41) is 10.5. The maximum absolute atomic E-state index is 2.67. The van der Waals surface area contributed by atoms with E-state index in [1.165, 1.54) is 152 Å². The smallest absolute Gasteiger partial charge is 0.0728 e. The molecule has 13 rings (SSSR count). The van der Waals surface area contributed by atoms with Crippen LogP contribution in [0.4, 0.5) is 0 Å². The molecule has 0 unspecified atom stereocenters. The minimum atomic E-state index is -0.0134. The van der Waals surface area contributed by atoms with Gasteiger partial charge in [0.25, 0.3) is 0 Å². The van der Waals surface area contributed by atoms with Crippen molar-refractivity contribution >= 4 is 96.9 Å². The highest BCUT2D eigenvalue weighted by molar-refractivity contribution is 7.26. The predicted molar refractivity (Wildman–Crippen MR) is 340 cm³/mol. The van der Waals surface area contributed by atoms with Gasteiger partial charge in [-0.25, -0.2) is 0 Å². The van der Waals surface area contributed by atoms with Crippen molar-refractivity contribution in [1.82, 2.24) is 8.80 Å². The molecule has 3 heteroatoms. The van der Waals surface area contributed by atoms with Crippen molar-refractivity contribution < 1.29 is 0 Å². The van der Waals surface area contributed by atoms with E-state index in [-0.39, 0.29) is 32.5 Å². The molecule has 0 spiro atoms. The minimum Gasteiger partial charge on any atom is -0.307 e. The zero-order chi connectivity index (χ0) is 54.6. The van der Waals surface area contributed by atoms with Gasteiger partial charge in [0.05, 0.1) is 37.8 Å². The molecule has 0 atom stereocenters. The van der Waals surface area contributed by atoms with E-state index in [1.807, 2.05) is 11.3 Å². The summed E-state index contributed by atoms with van der Waals surface area (Å²) in [5.74, 6) is 0. The van der Waals surface area contributed by atoms with Gasteiger partial charge in [0.1, 0.15) is 0 Å². The van der Waals surface area contributed by atoms with Gasteiger partial charge in [-0.2, -0.15) is 0 Å². The fourth-order valence-corrected chi connectivity index (χ4v) is 13.8. The Morgan fingerprint density at radius 2 is 0.649 bits per heavy atom. The number of rotatable bonds is 3. The van der Waals surface area contributed by atoms with Gasteiger partial charge in [-0.3, -0.25) is 0 Å². The molecule has 0 N–H and O–H groups in total. The number of hydrogen-bond acceptors (Lipinski definition) is 1. The van der Waals surface area contributed by atoms with Gasteiger partial charge in [0.15, 0.2) is 0 Å². The number of nitrogens with zero attached hydrogens (tertiary/aromatic N) is 2. The van der Waals surface area contributed by atoms with E-state index >= 15 is 0 Å². The summed E-state index contributed by atoms with van der Waals surface area (Å²) >= 11 is 1.94. The second-order valence-electron chi connectivity index (χ2n) is 29.3. The molecule has 388 valence electrons. The Kier molecular flexibility index (Phi) is 10.3. The monoisotopic (exact) mass is 1020 g/mol. The quantitative estimate of drug-likeness (QED) is 0.167. The molecule has 0 bridgehead atoms. The fourth-order valence-electron chi connectivity index (χ4n) is 12.6. The topological polar surface area (TPSA) is 8.82 Å². The molecule has 0 radical (unpaired) electrons. The molecule has 5 aromatic heterocycles. The molecule has 0 saturated heterocycles. The van der Waals surface area contributed by atoms with E-state index < -0.39 is 0 Å². The SMILES string of the molecule is CC(C)(C)c1cc(-c2ccc3c(c2)c2cc(-c4cc(C(C)(C)C)cc(C(C)(C)C)c4)cc4c5ccc6c(c7cc(-c8cc(C(C)(C)C)cc(C(C)(C)C)c8)cc8c9sc%10ccccc%10c9n6c87)c5n3c24)cc(C(C)(C)C)c1. The second-order valence-corrected chi connectivity index (χ2v) is 30.3. The molecule has 8 aromatic carbocycles. The van der Waals surface area contributed by atoms with Crippen molar-refractivity contribution in [2.45, 2.75) is 157 Å². The fraction of sp³-hybridized carbons (Fsp3) is 0.324. The van der Waals surface area contributed by atoms with Gasteiger partial charge in [-0.1, -0.05) is 210 Å². The highest BCUT2D eigenvalue weighted by atomic mass is 32.1. The summed E-state index contributed by atoms with van der Waals surface area (Å²) in [5.41, 5.74) is 23.6. The lowest BCUT2D eigenvalue weighted by molar-refractivity contribution is 0.568. The van der Waals surface area contributed by atoms with Crippen molar-refractivity contribution in [3.05, 3.63) is 167 Å². The highest BCUT2D eigenvalue weighted by Gasteiger charge is 2.30. The van der Waals surface area contributed by atoms with Crippen LogP contribution in [0.3, 0.4) is 0 Å². The first-order valence-corrected chi connectivity index (χ1v) is 29.0. The minimum absolute atomic E-state index is 0.00515. The van der Waals surface area contributed by atoms with Crippen LogP contribution >= 0.6 is 11.3 Å². The maximum Gasteiger partial charge on any atom is 0.0728 e. The third-order valence-electron chi connectivity index (χ3n) is 17.4. The van der Waals surface area contributed by atoms with E-state index in [1.54, 1.807) is 0 Å². The third-order valence-corrected chi connectivity index (χ3v) is 18.6. The van der Waals surface area contributed by atoms with E-state index in [4.69, 9.17) is 0 Å². The molecule has 0 aliphatic rings. The van der Waals surface area contributed by atoms with E-state index in [2.05, 4.69) is 267 Å². The lowest BCUT2D eigenvalue weighted by Gasteiger charge is -2.26. The predicted octanol–water partition coefficient (Wildman–Crippen LogP) is 22.0. The first-order valence-electron chi connectivity index (χ1n) is 28.2. The maximum atomic E-state index is 2.67. The normalized spacial score (nSPS) is 13.8. The van der Waals surface area contributed by atoms with Gasteiger partial charge in [-0.05, 0) is 148 Å². The highest BCUT2D eigenvalue weighted by Crippen LogP contribution is 2.52. The molecule has 0 fully saturated rings. The summed E-state index contributed by atoms with van der Waals surface area (Å²) in [4.78, 5) is 0. The molecule has 0 saturated carbocycles.